The molecule has 4 atom stereocenters. The second kappa shape index (κ2) is 12.2. The maximum absolute atomic E-state index is 12.6. The molecule has 1 amide bonds. The van der Waals surface area contributed by atoms with Crippen molar-refractivity contribution >= 4 is 30.9 Å². The molecule has 1 aliphatic heterocycles. The molecule has 0 spiro atoms. The summed E-state index contributed by atoms with van der Waals surface area (Å²) in [5.74, 6) is -0.0785. The van der Waals surface area contributed by atoms with E-state index in [4.69, 9.17) is 23.0 Å². The van der Waals surface area contributed by atoms with Crippen LogP contribution in [0.5, 0.6) is 0 Å². The lowest BCUT2D eigenvalue weighted by atomic mass is 10.0. The molecule has 1 fully saturated rings. The van der Waals surface area contributed by atoms with Gasteiger partial charge < -0.3 is 22.9 Å². The number of hydrogen-bond acceptors (Lipinski definition) is 6. The van der Waals surface area contributed by atoms with Crippen LogP contribution in [0, 0.1) is 0 Å². The summed E-state index contributed by atoms with van der Waals surface area (Å²) in [6.45, 7) is 34.4. The van der Waals surface area contributed by atoms with Crippen molar-refractivity contribution in [3.63, 3.8) is 0 Å². The molecule has 1 saturated heterocycles. The van der Waals surface area contributed by atoms with E-state index in [2.05, 4.69) is 102 Å². The summed E-state index contributed by atoms with van der Waals surface area (Å²) in [6.07, 6.45) is 0.261. The molecule has 236 valence electrons. The fourth-order valence-electron chi connectivity index (χ4n) is 3.87. The molecule has 0 radical (unpaired) electrons. The molecular formula is C31H60N2O5Si3. The van der Waals surface area contributed by atoms with Gasteiger partial charge in [0.15, 0.2) is 25.0 Å². The summed E-state index contributed by atoms with van der Waals surface area (Å²) in [6, 6.07) is 3.74. The number of carbonyl (C=O) groups excluding carboxylic acids is 1. The minimum atomic E-state index is -2.24. The van der Waals surface area contributed by atoms with E-state index < -0.39 is 31.1 Å². The summed E-state index contributed by atoms with van der Waals surface area (Å²) >= 11 is 0. The van der Waals surface area contributed by atoms with E-state index in [1.165, 1.54) is 0 Å². The van der Waals surface area contributed by atoms with Crippen molar-refractivity contribution in [1.29, 1.82) is 0 Å². The van der Waals surface area contributed by atoms with E-state index in [1.807, 2.05) is 12.1 Å². The highest BCUT2D eigenvalue weighted by Gasteiger charge is 2.55. The van der Waals surface area contributed by atoms with Gasteiger partial charge >= 0.3 is 0 Å². The molecule has 0 unspecified atom stereocenters. The lowest BCUT2D eigenvalue weighted by Crippen LogP contribution is -2.54. The fourth-order valence-corrected chi connectivity index (χ4v) is 7.50. The topological polar surface area (TPSA) is 70.1 Å². The van der Waals surface area contributed by atoms with E-state index in [9.17, 15) is 4.79 Å². The lowest BCUT2D eigenvalue weighted by Gasteiger charge is -2.44. The molecule has 1 aliphatic rings. The van der Waals surface area contributed by atoms with E-state index in [0.29, 0.717) is 12.2 Å². The Morgan fingerprint density at radius 2 is 1.27 bits per heavy atom. The molecule has 1 aromatic heterocycles. The molecule has 0 aliphatic carbocycles. The van der Waals surface area contributed by atoms with Crippen LogP contribution < -0.4 is 0 Å². The highest BCUT2D eigenvalue weighted by Crippen LogP contribution is 2.47. The smallest absolute Gasteiger partial charge is 0.254 e. The highest BCUT2D eigenvalue weighted by molar-refractivity contribution is 6.75. The third kappa shape index (κ3) is 8.39. The second-order valence-electron chi connectivity index (χ2n) is 16.5. The minimum absolute atomic E-state index is 0.00418. The first-order valence-corrected chi connectivity index (χ1v) is 23.8. The van der Waals surface area contributed by atoms with Gasteiger partial charge in [-0.25, -0.2) is 0 Å². The van der Waals surface area contributed by atoms with Crippen LogP contribution in [0.15, 0.2) is 18.3 Å². The van der Waals surface area contributed by atoms with Crippen LogP contribution in [0.25, 0.3) is 0 Å². The molecule has 2 heterocycles. The number of hydrogen-bond donors (Lipinski definition) is 0. The molecule has 1 aromatic rings. The number of amides is 1. The third-order valence-electron chi connectivity index (χ3n) is 9.93. The Hall–Kier alpha value is -0.889. The maximum atomic E-state index is 12.6. The predicted molar refractivity (Wildman–Crippen MR) is 177 cm³/mol. The number of pyridine rings is 1. The third-order valence-corrected chi connectivity index (χ3v) is 23.4. The molecule has 0 bridgehead atoms. The van der Waals surface area contributed by atoms with Crippen LogP contribution in [0.3, 0.4) is 0 Å². The van der Waals surface area contributed by atoms with Crippen molar-refractivity contribution in [2.45, 2.75) is 141 Å². The van der Waals surface area contributed by atoms with Crippen LogP contribution in [-0.4, -0.2) is 79.8 Å². The van der Waals surface area contributed by atoms with E-state index in [-0.39, 0.29) is 39.3 Å². The first kappa shape index (κ1) is 36.3. The van der Waals surface area contributed by atoms with E-state index in [1.54, 1.807) is 25.2 Å². The number of rotatable bonds is 9. The first-order chi connectivity index (χ1) is 18.2. The Labute approximate surface area is 254 Å². The van der Waals surface area contributed by atoms with Gasteiger partial charge in [-0.15, -0.1) is 0 Å². The zero-order chi connectivity index (χ0) is 32.0. The van der Waals surface area contributed by atoms with Gasteiger partial charge in [-0.1, -0.05) is 62.3 Å². The molecule has 10 heteroatoms. The SMILES string of the molecule is CN(C)C(=O)c1ccc([C@@H]2O[C@H](CO[Si](C)(C)C(C)(C)C)[C@@H](O[Si](C)(C)C(C)(C)C)[C@H]2O[Si](C)(C)C(C)(C)C)nc1. The Kier molecular flexibility index (Phi) is 10.8. The summed E-state index contributed by atoms with van der Waals surface area (Å²) in [5.41, 5.74) is 1.30. The van der Waals surface area contributed by atoms with Crippen LogP contribution in [0.2, 0.25) is 54.4 Å². The van der Waals surface area contributed by atoms with Gasteiger partial charge in [-0.3, -0.25) is 9.78 Å². The Bertz CT molecular complexity index is 1040. The Morgan fingerprint density at radius 1 is 0.805 bits per heavy atom. The van der Waals surface area contributed by atoms with Crippen molar-refractivity contribution in [2.24, 2.45) is 0 Å². The maximum Gasteiger partial charge on any atom is 0.254 e. The zero-order valence-corrected chi connectivity index (χ0v) is 32.2. The van der Waals surface area contributed by atoms with E-state index in [0.717, 1.165) is 5.69 Å². The van der Waals surface area contributed by atoms with Crippen molar-refractivity contribution in [2.75, 3.05) is 20.7 Å². The normalized spacial score (nSPS) is 23.1. The average molecular weight is 625 g/mol. The molecular weight excluding hydrogens is 565 g/mol. The largest absolute Gasteiger partial charge is 0.414 e. The summed E-state index contributed by atoms with van der Waals surface area (Å²) < 4.78 is 28.0. The first-order valence-electron chi connectivity index (χ1n) is 15.0. The van der Waals surface area contributed by atoms with Gasteiger partial charge in [-0.2, -0.15) is 0 Å². The molecule has 2 rings (SSSR count). The van der Waals surface area contributed by atoms with Gasteiger partial charge in [0, 0.05) is 20.3 Å². The summed E-state index contributed by atoms with van der Waals surface area (Å²) in [5, 5.41) is 0.0995. The molecule has 0 N–H and O–H groups in total. The van der Waals surface area contributed by atoms with Crippen molar-refractivity contribution in [1.82, 2.24) is 9.88 Å². The van der Waals surface area contributed by atoms with E-state index >= 15 is 0 Å². The molecule has 7 nitrogen and oxygen atoms in total. The highest BCUT2D eigenvalue weighted by atomic mass is 28.4. The van der Waals surface area contributed by atoms with Gasteiger partial charge in [-0.05, 0) is 66.5 Å². The van der Waals surface area contributed by atoms with Crippen LogP contribution in [-0.2, 0) is 18.0 Å². The monoisotopic (exact) mass is 624 g/mol. The van der Waals surface area contributed by atoms with Crippen LogP contribution in [0.4, 0.5) is 0 Å². The standard InChI is InChI=1S/C31H60N2O5Si3/c1-29(2,3)39(12,13)35-21-24-26(37-40(14,15)30(4,5)6)27(38-41(16,17)31(7,8)9)25(36-24)23-19-18-22(20-32-23)28(34)33(10)11/h18-20,24-27H,21H2,1-17H3/t24-,25+,26-,27+/m1/s1. The van der Waals surface area contributed by atoms with Gasteiger partial charge in [0.1, 0.15) is 24.4 Å². The van der Waals surface area contributed by atoms with Gasteiger partial charge in [0.2, 0.25) is 0 Å². The molecule has 0 saturated carbocycles. The fraction of sp³-hybridized carbons (Fsp3) is 0.806. The molecule has 41 heavy (non-hydrogen) atoms. The van der Waals surface area contributed by atoms with Crippen LogP contribution >= 0.6 is 0 Å². The number of ether oxygens (including phenoxy) is 1. The van der Waals surface area contributed by atoms with Crippen molar-refractivity contribution in [3.8, 4) is 0 Å². The van der Waals surface area contributed by atoms with Gasteiger partial charge in [0.25, 0.3) is 5.91 Å². The number of nitrogens with zero attached hydrogens (tertiary/aromatic N) is 2. The number of aromatic nitrogens is 1. The second-order valence-corrected chi connectivity index (χ2v) is 30.8. The van der Waals surface area contributed by atoms with Crippen molar-refractivity contribution < 1.29 is 22.8 Å². The van der Waals surface area contributed by atoms with Gasteiger partial charge in [0.05, 0.1) is 17.9 Å². The number of carbonyl (C=O) groups is 1. The molecule has 0 aromatic carbocycles. The lowest BCUT2D eigenvalue weighted by molar-refractivity contribution is -0.0186. The summed E-state index contributed by atoms with van der Waals surface area (Å²) in [7, 11) is -3.00. The quantitative estimate of drug-likeness (QED) is 0.259. The Morgan fingerprint density at radius 3 is 1.66 bits per heavy atom. The predicted octanol–water partition coefficient (Wildman–Crippen LogP) is 8.03. The Balaban J connectivity index is 2.63. The summed E-state index contributed by atoms with van der Waals surface area (Å²) in [4.78, 5) is 18.9. The zero-order valence-electron chi connectivity index (χ0n) is 29.2. The average Bonchev–Trinajstić information content (AvgIpc) is 3.11. The van der Waals surface area contributed by atoms with Crippen LogP contribution in [0.1, 0.15) is 84.5 Å². The minimum Gasteiger partial charge on any atom is -0.414 e. The van der Waals surface area contributed by atoms with Crippen molar-refractivity contribution in [3.05, 3.63) is 29.6 Å².